The summed E-state index contributed by atoms with van der Waals surface area (Å²) >= 11 is 3.02. The molecule has 6 heteroatoms. The molecule has 1 N–H and O–H groups in total. The van der Waals surface area contributed by atoms with Crippen molar-refractivity contribution in [3.05, 3.63) is 22.4 Å². The van der Waals surface area contributed by atoms with Gasteiger partial charge in [0.25, 0.3) is 0 Å². The van der Waals surface area contributed by atoms with Crippen molar-refractivity contribution in [2.75, 3.05) is 11.1 Å². The molecule has 2 rings (SSSR count). The highest BCUT2D eigenvalue weighted by molar-refractivity contribution is 9.10. The molecular weight excluding hydrogens is 285 g/mol. The van der Waals surface area contributed by atoms with E-state index < -0.39 is 16.6 Å². The van der Waals surface area contributed by atoms with Crippen LogP contribution in [0.15, 0.2) is 21.5 Å². The summed E-state index contributed by atoms with van der Waals surface area (Å²) < 4.78 is 25.1. The van der Waals surface area contributed by atoms with Crippen molar-refractivity contribution < 1.29 is 13.4 Å². The van der Waals surface area contributed by atoms with E-state index in [-0.39, 0.29) is 22.6 Å². The molecule has 0 spiro atoms. The van der Waals surface area contributed by atoms with Gasteiger partial charge < -0.3 is 5.32 Å². The predicted molar refractivity (Wildman–Crippen MR) is 58.6 cm³/mol. The molecule has 1 aromatic rings. The lowest BCUT2D eigenvalue weighted by Crippen LogP contribution is -2.10. The molecule has 1 unspecified atom stereocenters. The van der Waals surface area contributed by atoms with E-state index in [9.17, 15) is 13.4 Å². The largest absolute Gasteiger partial charge is 0.325 e. The highest BCUT2D eigenvalue weighted by Gasteiger charge is 2.20. The number of hydrogen-bond acceptors (Lipinski definition) is 2. The molecule has 0 saturated heterocycles. The third kappa shape index (κ3) is 2.10. The van der Waals surface area contributed by atoms with E-state index in [0.717, 1.165) is 0 Å². The van der Waals surface area contributed by atoms with Gasteiger partial charge in [-0.05, 0) is 28.1 Å². The third-order valence-electron chi connectivity index (χ3n) is 2.06. The summed E-state index contributed by atoms with van der Waals surface area (Å²) in [7, 11) is -1.25. The van der Waals surface area contributed by atoms with E-state index in [4.69, 9.17) is 0 Å². The Morgan fingerprint density at radius 1 is 1.47 bits per heavy atom. The summed E-state index contributed by atoms with van der Waals surface area (Å²) in [6, 6.07) is 2.63. The number of nitrogens with one attached hydrogen (secondary N) is 1. The highest BCUT2D eigenvalue weighted by atomic mass is 79.9. The fourth-order valence-electron chi connectivity index (χ4n) is 1.32. The average molecular weight is 292 g/mol. The van der Waals surface area contributed by atoms with Crippen molar-refractivity contribution in [2.45, 2.75) is 11.3 Å². The van der Waals surface area contributed by atoms with Crippen LogP contribution in [0.3, 0.4) is 0 Å². The van der Waals surface area contributed by atoms with Crippen molar-refractivity contribution >= 4 is 38.3 Å². The van der Waals surface area contributed by atoms with Crippen LogP contribution < -0.4 is 5.32 Å². The maximum Gasteiger partial charge on any atom is 0.225 e. The molecule has 3 nitrogen and oxygen atoms in total. The van der Waals surface area contributed by atoms with E-state index in [0.29, 0.717) is 10.6 Å². The molecule has 15 heavy (non-hydrogen) atoms. The Balaban J connectivity index is 2.57. The fourth-order valence-corrected chi connectivity index (χ4v) is 3.01. The van der Waals surface area contributed by atoms with Crippen molar-refractivity contribution in [3.63, 3.8) is 0 Å². The Kier molecular flexibility index (Phi) is 2.88. The number of benzene rings is 1. The van der Waals surface area contributed by atoms with Gasteiger partial charge in [0.05, 0.1) is 25.9 Å². The number of carbonyl (C=O) groups excluding carboxylic acids is 1. The Hall–Kier alpha value is -0.750. The molecule has 80 valence electrons. The summed E-state index contributed by atoms with van der Waals surface area (Å²) in [5.74, 6) is -0.437. The molecule has 1 aliphatic heterocycles. The number of carbonyl (C=O) groups is 1. The minimum Gasteiger partial charge on any atom is -0.325 e. The minimum absolute atomic E-state index is 0.195. The average Bonchev–Trinajstić information content (AvgIpc) is 2.30. The number of anilines is 1. The highest BCUT2D eigenvalue weighted by Crippen LogP contribution is 2.29. The Bertz CT molecular complexity index is 464. The van der Waals surface area contributed by atoms with Crippen LogP contribution in [0, 0.1) is 5.82 Å². The lowest BCUT2D eigenvalue weighted by Gasteiger charge is -2.06. The molecule has 1 atom stereocenters. The van der Waals surface area contributed by atoms with Gasteiger partial charge in [-0.1, -0.05) is 0 Å². The predicted octanol–water partition coefficient (Wildman–Crippen LogP) is 2.04. The van der Waals surface area contributed by atoms with Crippen LogP contribution in [-0.4, -0.2) is 15.9 Å². The van der Waals surface area contributed by atoms with Gasteiger partial charge >= 0.3 is 0 Å². The van der Waals surface area contributed by atoms with Gasteiger partial charge in [-0.3, -0.25) is 9.00 Å². The van der Waals surface area contributed by atoms with Crippen LogP contribution in [0.5, 0.6) is 0 Å². The van der Waals surface area contributed by atoms with Crippen LogP contribution in [0.1, 0.15) is 6.42 Å². The fraction of sp³-hybridized carbons (Fsp3) is 0.222. The van der Waals surface area contributed by atoms with E-state index >= 15 is 0 Å². The van der Waals surface area contributed by atoms with E-state index in [2.05, 4.69) is 21.2 Å². The van der Waals surface area contributed by atoms with Gasteiger partial charge in [0, 0.05) is 12.2 Å². The first-order valence-corrected chi connectivity index (χ1v) is 6.36. The second-order valence-corrected chi connectivity index (χ2v) is 5.50. The van der Waals surface area contributed by atoms with Gasteiger partial charge in [0.2, 0.25) is 5.91 Å². The maximum absolute atomic E-state index is 13.2. The van der Waals surface area contributed by atoms with Gasteiger partial charge in [0.15, 0.2) is 0 Å². The second-order valence-electron chi connectivity index (χ2n) is 3.11. The smallest absolute Gasteiger partial charge is 0.225 e. The van der Waals surface area contributed by atoms with Crippen LogP contribution in [0.4, 0.5) is 10.1 Å². The van der Waals surface area contributed by atoms with Gasteiger partial charge in [-0.2, -0.15) is 0 Å². The summed E-state index contributed by atoms with van der Waals surface area (Å²) in [5.41, 5.74) is 0.302. The topological polar surface area (TPSA) is 46.2 Å². The number of fused-ring (bicyclic) bond motifs is 1. The zero-order chi connectivity index (χ0) is 11.0. The van der Waals surface area contributed by atoms with Crippen molar-refractivity contribution in [1.82, 2.24) is 0 Å². The normalized spacial score (nSPS) is 20.4. The van der Waals surface area contributed by atoms with Gasteiger partial charge in [-0.25, -0.2) is 4.39 Å². The van der Waals surface area contributed by atoms with E-state index in [1.165, 1.54) is 12.1 Å². The zero-order valence-electron chi connectivity index (χ0n) is 7.55. The summed E-state index contributed by atoms with van der Waals surface area (Å²) in [6.07, 6.45) is 0.195. The Morgan fingerprint density at radius 2 is 2.20 bits per heavy atom. The van der Waals surface area contributed by atoms with Crippen molar-refractivity contribution in [1.29, 1.82) is 0 Å². The summed E-state index contributed by atoms with van der Waals surface area (Å²) in [5, 5.41) is 2.53. The van der Waals surface area contributed by atoms with E-state index in [1.807, 2.05) is 0 Å². The standard InChI is InChI=1S/C9H7BrFNO2S/c10-5-3-8-7(4-6(5)11)12-9(13)1-2-15(8)14/h3-4H,1-2H2,(H,12,13). The molecule has 0 bridgehead atoms. The second kappa shape index (κ2) is 4.02. The molecule has 0 aromatic heterocycles. The van der Waals surface area contributed by atoms with Crippen LogP contribution in [0.2, 0.25) is 0 Å². The molecule has 1 heterocycles. The molecule has 0 fully saturated rings. The van der Waals surface area contributed by atoms with Crippen LogP contribution >= 0.6 is 15.9 Å². The van der Waals surface area contributed by atoms with Crippen molar-refractivity contribution in [3.8, 4) is 0 Å². The third-order valence-corrected chi connectivity index (χ3v) is 4.07. The lowest BCUT2D eigenvalue weighted by molar-refractivity contribution is -0.115. The first-order chi connectivity index (χ1) is 7.08. The zero-order valence-corrected chi connectivity index (χ0v) is 9.95. The number of hydrogen-bond donors (Lipinski definition) is 1. The quantitative estimate of drug-likeness (QED) is 0.795. The molecule has 0 aliphatic carbocycles. The Labute approximate surface area is 96.6 Å². The van der Waals surface area contributed by atoms with Gasteiger partial charge in [-0.15, -0.1) is 0 Å². The van der Waals surface area contributed by atoms with Crippen LogP contribution in [-0.2, 0) is 15.6 Å². The summed E-state index contributed by atoms with van der Waals surface area (Å²) in [4.78, 5) is 11.7. The molecule has 1 aliphatic rings. The monoisotopic (exact) mass is 291 g/mol. The molecule has 1 aromatic carbocycles. The first-order valence-electron chi connectivity index (χ1n) is 4.25. The Morgan fingerprint density at radius 3 is 2.93 bits per heavy atom. The van der Waals surface area contributed by atoms with Crippen molar-refractivity contribution in [2.24, 2.45) is 0 Å². The molecule has 0 radical (unpaired) electrons. The molecular formula is C9H7BrFNO2S. The number of rotatable bonds is 0. The van der Waals surface area contributed by atoms with Gasteiger partial charge in [0.1, 0.15) is 5.82 Å². The summed E-state index contributed by atoms with van der Waals surface area (Å²) in [6.45, 7) is 0. The SMILES string of the molecule is O=C1CCS(=O)c2cc(Br)c(F)cc2N1. The molecule has 1 amide bonds. The molecule has 0 saturated carbocycles. The minimum atomic E-state index is -1.25. The van der Waals surface area contributed by atoms with Crippen LogP contribution in [0.25, 0.3) is 0 Å². The van der Waals surface area contributed by atoms with E-state index in [1.54, 1.807) is 0 Å². The first kappa shape index (κ1) is 10.8. The lowest BCUT2D eigenvalue weighted by atomic mass is 10.3. The maximum atomic E-state index is 13.2. The number of amides is 1. The number of halogens is 2.